The van der Waals surface area contributed by atoms with Crippen molar-refractivity contribution >= 4 is 34.0 Å². The number of hydrogen-bond acceptors (Lipinski definition) is 3. The molecule has 0 bridgehead atoms. The van der Waals surface area contributed by atoms with Crippen LogP contribution in [0, 0.1) is 11.6 Å². The van der Waals surface area contributed by atoms with Gasteiger partial charge in [-0.1, -0.05) is 48.5 Å². The molecule has 2 heterocycles. The first kappa shape index (κ1) is 19.7. The first-order valence-electron chi connectivity index (χ1n) is 9.85. The molecule has 32 heavy (non-hydrogen) atoms. The minimum Gasteiger partial charge on any atom is -0.507 e. The number of aliphatic hydroxyl groups is 1. The maximum absolute atomic E-state index is 14.0. The fourth-order valence-corrected chi connectivity index (χ4v) is 4.10. The maximum atomic E-state index is 14.0. The molecule has 1 atom stereocenters. The van der Waals surface area contributed by atoms with Gasteiger partial charge < -0.3 is 10.1 Å². The predicted octanol–water partition coefficient (Wildman–Crippen LogP) is 5.07. The SMILES string of the molecule is O=C1C(=O)N(c2ccc(F)c(F)c2)C(c2ccccc2)/C1=C(/O)c1c[nH]c2ccccc12. The average molecular weight is 430 g/mol. The van der Waals surface area contributed by atoms with Gasteiger partial charge in [0.15, 0.2) is 11.6 Å². The lowest BCUT2D eigenvalue weighted by molar-refractivity contribution is -0.132. The molecule has 1 aliphatic rings. The standard InChI is InChI=1S/C25H16F2N2O3/c26-18-11-10-15(12-19(18)27)29-22(14-6-2-1-3-7-14)21(24(31)25(29)32)23(30)17-13-28-20-9-5-4-8-16(17)20/h1-13,22,28,30H/b23-21-. The summed E-state index contributed by atoms with van der Waals surface area (Å²) in [7, 11) is 0. The summed E-state index contributed by atoms with van der Waals surface area (Å²) in [5, 5.41) is 11.9. The Morgan fingerprint density at radius 1 is 0.906 bits per heavy atom. The smallest absolute Gasteiger partial charge is 0.300 e. The number of H-pyrrole nitrogens is 1. The second kappa shape index (κ2) is 7.46. The largest absolute Gasteiger partial charge is 0.507 e. The Morgan fingerprint density at radius 3 is 2.38 bits per heavy atom. The normalized spacial score (nSPS) is 17.9. The average Bonchev–Trinajstić information content (AvgIpc) is 3.35. The lowest BCUT2D eigenvalue weighted by Gasteiger charge is -2.25. The van der Waals surface area contributed by atoms with Crippen LogP contribution in [0.15, 0.2) is 84.6 Å². The maximum Gasteiger partial charge on any atom is 0.300 e. The van der Waals surface area contributed by atoms with Crippen LogP contribution >= 0.6 is 0 Å². The van der Waals surface area contributed by atoms with E-state index in [4.69, 9.17) is 0 Å². The fourth-order valence-electron chi connectivity index (χ4n) is 4.10. The Kier molecular flexibility index (Phi) is 4.59. The van der Waals surface area contributed by atoms with Crippen molar-refractivity contribution in [3.8, 4) is 0 Å². The number of nitrogens with one attached hydrogen (secondary N) is 1. The summed E-state index contributed by atoms with van der Waals surface area (Å²) in [6.45, 7) is 0. The van der Waals surface area contributed by atoms with Crippen LogP contribution in [0.1, 0.15) is 17.2 Å². The van der Waals surface area contributed by atoms with Crippen molar-refractivity contribution in [2.24, 2.45) is 0 Å². The van der Waals surface area contributed by atoms with Crippen molar-refractivity contribution in [1.29, 1.82) is 0 Å². The van der Waals surface area contributed by atoms with Crippen molar-refractivity contribution in [3.63, 3.8) is 0 Å². The molecule has 1 aliphatic heterocycles. The quantitative estimate of drug-likeness (QED) is 0.271. The Morgan fingerprint density at radius 2 is 1.62 bits per heavy atom. The molecule has 1 saturated heterocycles. The molecule has 5 rings (SSSR count). The Hall–Kier alpha value is -4.26. The van der Waals surface area contributed by atoms with Gasteiger partial charge in [-0.15, -0.1) is 0 Å². The number of halogens is 2. The molecule has 1 aromatic heterocycles. The van der Waals surface area contributed by atoms with Gasteiger partial charge in [0.05, 0.1) is 11.6 Å². The molecule has 5 nitrogen and oxygen atoms in total. The van der Waals surface area contributed by atoms with E-state index in [0.29, 0.717) is 16.5 Å². The molecular formula is C25H16F2N2O3. The number of amides is 1. The summed E-state index contributed by atoms with van der Waals surface area (Å²) >= 11 is 0. The van der Waals surface area contributed by atoms with Crippen LogP contribution in [0.4, 0.5) is 14.5 Å². The number of anilines is 1. The zero-order chi connectivity index (χ0) is 22.4. The number of rotatable bonds is 3. The van der Waals surface area contributed by atoms with E-state index in [-0.39, 0.29) is 17.0 Å². The molecule has 2 N–H and O–H groups in total. The summed E-state index contributed by atoms with van der Waals surface area (Å²) in [6, 6.07) is 17.8. The predicted molar refractivity (Wildman–Crippen MR) is 116 cm³/mol. The van der Waals surface area contributed by atoms with Gasteiger partial charge in [0.25, 0.3) is 11.7 Å². The number of carbonyl (C=O) groups is 2. The van der Waals surface area contributed by atoms with Gasteiger partial charge in [-0.3, -0.25) is 14.5 Å². The van der Waals surface area contributed by atoms with E-state index in [1.165, 1.54) is 6.07 Å². The number of para-hydroxylation sites is 1. The first-order chi connectivity index (χ1) is 15.5. The third-order valence-corrected chi connectivity index (χ3v) is 5.59. The monoisotopic (exact) mass is 430 g/mol. The summed E-state index contributed by atoms with van der Waals surface area (Å²) < 4.78 is 27.5. The van der Waals surface area contributed by atoms with E-state index in [1.807, 2.05) is 12.1 Å². The number of hydrogen-bond donors (Lipinski definition) is 2. The lowest BCUT2D eigenvalue weighted by atomic mass is 9.95. The Bertz CT molecular complexity index is 1410. The lowest BCUT2D eigenvalue weighted by Crippen LogP contribution is -2.29. The second-order valence-electron chi connectivity index (χ2n) is 7.43. The second-order valence-corrected chi connectivity index (χ2v) is 7.43. The number of aliphatic hydroxyl groups excluding tert-OH is 1. The van der Waals surface area contributed by atoms with E-state index >= 15 is 0 Å². The van der Waals surface area contributed by atoms with Crippen LogP contribution in [0.25, 0.3) is 16.7 Å². The van der Waals surface area contributed by atoms with Crippen LogP contribution in [0.5, 0.6) is 0 Å². The van der Waals surface area contributed by atoms with Crippen LogP contribution in [0.2, 0.25) is 0 Å². The van der Waals surface area contributed by atoms with Crippen LogP contribution < -0.4 is 4.90 Å². The minimum atomic E-state index is -1.15. The number of Topliss-reactive ketones (excluding diaryl/α,β-unsaturated/α-hetero) is 1. The highest BCUT2D eigenvalue weighted by atomic mass is 19.2. The van der Waals surface area contributed by atoms with Crippen molar-refractivity contribution in [3.05, 3.63) is 107 Å². The van der Waals surface area contributed by atoms with Crippen LogP contribution in [0.3, 0.4) is 0 Å². The van der Waals surface area contributed by atoms with E-state index < -0.39 is 29.4 Å². The zero-order valence-electron chi connectivity index (χ0n) is 16.5. The van der Waals surface area contributed by atoms with Crippen molar-refractivity contribution in [2.45, 2.75) is 6.04 Å². The summed E-state index contributed by atoms with van der Waals surface area (Å²) in [6.07, 6.45) is 1.56. The van der Waals surface area contributed by atoms with E-state index in [9.17, 15) is 23.5 Å². The van der Waals surface area contributed by atoms with E-state index in [0.717, 1.165) is 22.5 Å². The highest BCUT2D eigenvalue weighted by Crippen LogP contribution is 2.43. The number of carbonyl (C=O) groups excluding carboxylic acids is 2. The summed E-state index contributed by atoms with van der Waals surface area (Å²) in [5.41, 5.74) is 1.54. The first-order valence-corrected chi connectivity index (χ1v) is 9.85. The summed E-state index contributed by atoms with van der Waals surface area (Å²) in [4.78, 5) is 30.3. The van der Waals surface area contributed by atoms with Crippen molar-refractivity contribution < 1.29 is 23.5 Å². The fraction of sp³-hybridized carbons (Fsp3) is 0.0400. The number of nitrogens with zero attached hydrogens (tertiary/aromatic N) is 1. The number of ketones is 1. The third kappa shape index (κ3) is 2.98. The Balaban J connectivity index is 1.76. The molecule has 1 amide bonds. The summed E-state index contributed by atoms with van der Waals surface area (Å²) in [5.74, 6) is -4.41. The van der Waals surface area contributed by atoms with E-state index in [2.05, 4.69) is 4.98 Å². The van der Waals surface area contributed by atoms with Gasteiger partial charge in [0, 0.05) is 34.4 Å². The number of benzene rings is 3. The highest BCUT2D eigenvalue weighted by Gasteiger charge is 2.47. The van der Waals surface area contributed by atoms with Gasteiger partial charge in [-0.05, 0) is 23.8 Å². The number of aromatic nitrogens is 1. The van der Waals surface area contributed by atoms with Crippen LogP contribution in [-0.2, 0) is 9.59 Å². The molecule has 1 unspecified atom stereocenters. The molecule has 158 valence electrons. The minimum absolute atomic E-state index is 0.0119. The van der Waals surface area contributed by atoms with Gasteiger partial charge in [-0.2, -0.15) is 0 Å². The molecule has 0 aliphatic carbocycles. The van der Waals surface area contributed by atoms with Gasteiger partial charge in [0.2, 0.25) is 0 Å². The molecular weight excluding hydrogens is 414 g/mol. The number of fused-ring (bicyclic) bond motifs is 1. The van der Waals surface area contributed by atoms with Crippen LogP contribution in [-0.4, -0.2) is 21.8 Å². The molecule has 3 aromatic carbocycles. The molecule has 1 fully saturated rings. The molecule has 4 aromatic rings. The molecule has 0 radical (unpaired) electrons. The molecule has 0 saturated carbocycles. The third-order valence-electron chi connectivity index (χ3n) is 5.59. The highest BCUT2D eigenvalue weighted by molar-refractivity contribution is 6.51. The van der Waals surface area contributed by atoms with Gasteiger partial charge in [0.1, 0.15) is 5.76 Å². The van der Waals surface area contributed by atoms with Gasteiger partial charge in [-0.25, -0.2) is 8.78 Å². The van der Waals surface area contributed by atoms with Crippen molar-refractivity contribution in [2.75, 3.05) is 4.90 Å². The Labute approximate surface area is 181 Å². The van der Waals surface area contributed by atoms with Gasteiger partial charge >= 0.3 is 0 Å². The zero-order valence-corrected chi connectivity index (χ0v) is 16.5. The number of aromatic amines is 1. The molecule has 0 spiro atoms. The van der Waals surface area contributed by atoms with E-state index in [1.54, 1.807) is 48.7 Å². The molecule has 7 heteroatoms. The van der Waals surface area contributed by atoms with Crippen molar-refractivity contribution in [1.82, 2.24) is 4.98 Å². The topological polar surface area (TPSA) is 73.4 Å².